The smallest absolute Gasteiger partial charge is 0.313 e. The molecular formula is C12H13F3N4. The number of nitrogens with zero attached hydrogens (tertiary/aromatic N) is 3. The first kappa shape index (κ1) is 13.5. The van der Waals surface area contributed by atoms with E-state index in [1.807, 2.05) is 6.92 Å². The van der Waals surface area contributed by atoms with E-state index in [1.54, 1.807) is 12.1 Å². The Bertz CT molecular complexity index is 548. The minimum Gasteiger partial charge on any atom is -0.313 e. The number of aromatic nitrogens is 3. The summed E-state index contributed by atoms with van der Waals surface area (Å²) < 4.78 is 38.8. The molecular weight excluding hydrogens is 257 g/mol. The predicted molar refractivity (Wildman–Crippen MR) is 63.7 cm³/mol. The lowest BCUT2D eigenvalue weighted by atomic mass is 10.2. The molecule has 0 spiro atoms. The largest absolute Gasteiger partial charge is 0.419 e. The molecule has 0 bridgehead atoms. The number of alkyl halides is 3. The molecule has 0 saturated heterocycles. The van der Waals surface area contributed by atoms with Gasteiger partial charge in [0.25, 0.3) is 0 Å². The van der Waals surface area contributed by atoms with Gasteiger partial charge in [-0.3, -0.25) is 0 Å². The summed E-state index contributed by atoms with van der Waals surface area (Å²) in [7, 11) is 0. The maximum atomic E-state index is 12.5. The second kappa shape index (κ2) is 5.40. The summed E-state index contributed by atoms with van der Waals surface area (Å²) in [5.74, 6) is 0.402. The molecule has 19 heavy (non-hydrogen) atoms. The zero-order chi connectivity index (χ0) is 13.9. The molecule has 0 radical (unpaired) electrons. The van der Waals surface area contributed by atoms with E-state index in [0.29, 0.717) is 12.4 Å². The maximum absolute atomic E-state index is 12.5. The van der Waals surface area contributed by atoms with Gasteiger partial charge in [-0.25, -0.2) is 9.67 Å². The molecule has 0 fully saturated rings. The van der Waals surface area contributed by atoms with Crippen LogP contribution in [0, 0.1) is 0 Å². The summed E-state index contributed by atoms with van der Waals surface area (Å²) in [4.78, 5) is 4.09. The summed E-state index contributed by atoms with van der Waals surface area (Å²) in [5.41, 5.74) is 0.00808. The Morgan fingerprint density at radius 3 is 2.79 bits per heavy atom. The molecule has 0 atom stereocenters. The highest BCUT2D eigenvalue weighted by Gasteiger charge is 2.32. The second-order valence-corrected chi connectivity index (χ2v) is 3.94. The predicted octanol–water partition coefficient (Wildman–Crippen LogP) is 2.40. The fourth-order valence-electron chi connectivity index (χ4n) is 1.62. The van der Waals surface area contributed by atoms with Crippen molar-refractivity contribution in [3.05, 3.63) is 41.9 Å². The summed E-state index contributed by atoms with van der Waals surface area (Å²) in [6.07, 6.45) is -1.13. The highest BCUT2D eigenvalue weighted by Crippen LogP contribution is 2.29. The third-order valence-electron chi connectivity index (χ3n) is 2.56. The van der Waals surface area contributed by atoms with Crippen LogP contribution in [-0.2, 0) is 12.7 Å². The molecule has 0 amide bonds. The van der Waals surface area contributed by atoms with Crippen molar-refractivity contribution >= 4 is 0 Å². The van der Waals surface area contributed by atoms with E-state index in [0.717, 1.165) is 29.2 Å². The van der Waals surface area contributed by atoms with Crippen LogP contribution in [0.4, 0.5) is 13.2 Å². The number of nitrogens with one attached hydrogen (secondary N) is 1. The molecule has 2 heterocycles. The van der Waals surface area contributed by atoms with Crippen LogP contribution in [0.5, 0.6) is 0 Å². The average molecular weight is 270 g/mol. The molecule has 2 aromatic rings. The van der Waals surface area contributed by atoms with Crippen LogP contribution in [0.1, 0.15) is 18.1 Å². The Labute approximate surface area is 108 Å². The van der Waals surface area contributed by atoms with Gasteiger partial charge >= 0.3 is 6.18 Å². The quantitative estimate of drug-likeness (QED) is 0.927. The molecule has 102 valence electrons. The van der Waals surface area contributed by atoms with Gasteiger partial charge in [-0.2, -0.15) is 18.3 Å². The number of hydrogen-bond donors (Lipinski definition) is 1. The molecule has 1 N–H and O–H groups in total. The van der Waals surface area contributed by atoms with E-state index in [2.05, 4.69) is 15.4 Å². The van der Waals surface area contributed by atoms with Gasteiger partial charge in [0.15, 0.2) is 5.82 Å². The normalized spacial score (nSPS) is 11.8. The molecule has 0 unspecified atom stereocenters. The van der Waals surface area contributed by atoms with Crippen LogP contribution < -0.4 is 5.32 Å². The Kier molecular flexibility index (Phi) is 3.84. The van der Waals surface area contributed by atoms with Gasteiger partial charge in [-0.05, 0) is 12.6 Å². The van der Waals surface area contributed by atoms with E-state index in [-0.39, 0.29) is 0 Å². The second-order valence-electron chi connectivity index (χ2n) is 3.94. The number of halogens is 3. The van der Waals surface area contributed by atoms with Crippen LogP contribution in [-0.4, -0.2) is 21.3 Å². The number of pyridine rings is 1. The molecule has 0 saturated carbocycles. The minimum atomic E-state index is -4.39. The first-order valence-electron chi connectivity index (χ1n) is 5.79. The van der Waals surface area contributed by atoms with Crippen molar-refractivity contribution in [1.29, 1.82) is 0 Å². The van der Waals surface area contributed by atoms with Gasteiger partial charge in [0.05, 0.1) is 11.8 Å². The lowest BCUT2D eigenvalue weighted by Gasteiger charge is -2.08. The fraction of sp³-hybridized carbons (Fsp3) is 0.333. The van der Waals surface area contributed by atoms with Gasteiger partial charge < -0.3 is 5.32 Å². The number of hydrogen-bond acceptors (Lipinski definition) is 3. The monoisotopic (exact) mass is 270 g/mol. The fourth-order valence-corrected chi connectivity index (χ4v) is 1.62. The van der Waals surface area contributed by atoms with Crippen molar-refractivity contribution in [2.45, 2.75) is 19.6 Å². The molecule has 0 aliphatic heterocycles. The van der Waals surface area contributed by atoms with Crippen molar-refractivity contribution < 1.29 is 13.2 Å². The first-order chi connectivity index (χ1) is 9.02. The van der Waals surface area contributed by atoms with Gasteiger partial charge in [-0.15, -0.1) is 0 Å². The van der Waals surface area contributed by atoms with Gasteiger partial charge in [0, 0.05) is 24.5 Å². The van der Waals surface area contributed by atoms with Crippen molar-refractivity contribution in [2.75, 3.05) is 6.54 Å². The Balaban J connectivity index is 2.33. The van der Waals surface area contributed by atoms with E-state index in [1.165, 1.54) is 6.20 Å². The van der Waals surface area contributed by atoms with E-state index >= 15 is 0 Å². The first-order valence-corrected chi connectivity index (χ1v) is 5.79. The Morgan fingerprint density at radius 1 is 1.37 bits per heavy atom. The van der Waals surface area contributed by atoms with Crippen molar-refractivity contribution in [3.63, 3.8) is 0 Å². The van der Waals surface area contributed by atoms with Crippen LogP contribution >= 0.6 is 0 Å². The van der Waals surface area contributed by atoms with Gasteiger partial charge in [0.1, 0.15) is 0 Å². The zero-order valence-corrected chi connectivity index (χ0v) is 10.3. The van der Waals surface area contributed by atoms with E-state index in [9.17, 15) is 13.2 Å². The van der Waals surface area contributed by atoms with Crippen LogP contribution in [0.2, 0.25) is 0 Å². The Morgan fingerprint density at radius 2 is 2.16 bits per heavy atom. The molecule has 0 aliphatic carbocycles. The van der Waals surface area contributed by atoms with Crippen molar-refractivity contribution in [1.82, 2.24) is 20.1 Å². The molecule has 2 rings (SSSR count). The standard InChI is InChI=1S/C12H13F3N4/c1-2-16-6-9-4-3-5-17-11(9)19-8-10(7-18-19)12(13,14)15/h3-5,7-8,16H,2,6H2,1H3. The van der Waals surface area contributed by atoms with Crippen LogP contribution in [0.15, 0.2) is 30.7 Å². The summed E-state index contributed by atoms with van der Waals surface area (Å²) >= 11 is 0. The molecule has 0 aliphatic rings. The van der Waals surface area contributed by atoms with Crippen LogP contribution in [0.3, 0.4) is 0 Å². The lowest BCUT2D eigenvalue weighted by Crippen LogP contribution is -2.15. The minimum absolute atomic E-state index is 0.402. The maximum Gasteiger partial charge on any atom is 0.419 e. The summed E-state index contributed by atoms with van der Waals surface area (Å²) in [6, 6.07) is 3.55. The van der Waals surface area contributed by atoms with E-state index < -0.39 is 11.7 Å². The zero-order valence-electron chi connectivity index (χ0n) is 10.3. The third-order valence-corrected chi connectivity index (χ3v) is 2.56. The Hall–Kier alpha value is -1.89. The van der Waals surface area contributed by atoms with Gasteiger partial charge in [-0.1, -0.05) is 13.0 Å². The molecule has 4 nitrogen and oxygen atoms in total. The van der Waals surface area contributed by atoms with Crippen molar-refractivity contribution in [2.24, 2.45) is 0 Å². The third kappa shape index (κ3) is 3.11. The van der Waals surface area contributed by atoms with Gasteiger partial charge in [0.2, 0.25) is 0 Å². The topological polar surface area (TPSA) is 42.7 Å². The van der Waals surface area contributed by atoms with Crippen molar-refractivity contribution in [3.8, 4) is 5.82 Å². The molecule has 7 heteroatoms. The van der Waals surface area contributed by atoms with E-state index in [4.69, 9.17) is 0 Å². The highest BCUT2D eigenvalue weighted by atomic mass is 19.4. The summed E-state index contributed by atoms with van der Waals surface area (Å²) in [6.45, 7) is 3.24. The van der Waals surface area contributed by atoms with Crippen LogP contribution in [0.25, 0.3) is 5.82 Å². The number of rotatable bonds is 4. The average Bonchev–Trinajstić information content (AvgIpc) is 2.86. The molecule has 2 aromatic heterocycles. The lowest BCUT2D eigenvalue weighted by molar-refractivity contribution is -0.137. The summed E-state index contributed by atoms with van der Waals surface area (Å²) in [5, 5.41) is 6.84. The SMILES string of the molecule is CCNCc1cccnc1-n1cc(C(F)(F)F)cn1. The molecule has 0 aromatic carbocycles. The highest BCUT2D eigenvalue weighted by molar-refractivity contribution is 5.33.